The number of amides is 2. The molecule has 1 N–H and O–H groups in total. The number of carbonyl (C=O) groups is 2. The van der Waals surface area contributed by atoms with Crippen LogP contribution in [0.15, 0.2) is 35.5 Å². The molecule has 3 atom stereocenters. The molecule has 2 fully saturated rings. The van der Waals surface area contributed by atoms with E-state index in [1.54, 1.807) is 0 Å². The van der Waals surface area contributed by atoms with Crippen LogP contribution in [0.2, 0.25) is 0 Å². The molecule has 0 aliphatic carbocycles. The Balaban J connectivity index is 1.27. The van der Waals surface area contributed by atoms with Crippen LogP contribution in [0.3, 0.4) is 0 Å². The van der Waals surface area contributed by atoms with Crippen molar-refractivity contribution < 1.29 is 19.2 Å². The highest BCUT2D eigenvalue weighted by Gasteiger charge is 2.48. The Bertz CT molecular complexity index is 760. The Morgan fingerprint density at radius 3 is 2.93 bits per heavy atom. The molecule has 1 spiro atoms. The van der Waals surface area contributed by atoms with Gasteiger partial charge in [0.1, 0.15) is 5.71 Å². The van der Waals surface area contributed by atoms with Gasteiger partial charge in [-0.1, -0.05) is 42.4 Å². The van der Waals surface area contributed by atoms with Gasteiger partial charge in [0.15, 0.2) is 5.60 Å². The van der Waals surface area contributed by atoms with E-state index in [0.29, 0.717) is 51.4 Å². The van der Waals surface area contributed by atoms with Gasteiger partial charge in [0, 0.05) is 32.5 Å². The monoisotopic (exact) mass is 385 g/mol. The number of nitrogens with zero attached hydrogens (tertiary/aromatic N) is 2. The number of benzene rings is 1. The molecule has 0 saturated carbocycles. The van der Waals surface area contributed by atoms with E-state index in [-0.39, 0.29) is 23.7 Å². The predicted molar refractivity (Wildman–Crippen MR) is 104 cm³/mol. The van der Waals surface area contributed by atoms with E-state index in [1.165, 1.54) is 5.56 Å². The number of nitrogens with one attached hydrogen (secondary N) is 1. The summed E-state index contributed by atoms with van der Waals surface area (Å²) in [5.74, 6) is 0.121. The van der Waals surface area contributed by atoms with Gasteiger partial charge in [-0.05, 0) is 17.9 Å². The lowest BCUT2D eigenvalue weighted by Crippen LogP contribution is -2.40. The molecule has 150 valence electrons. The van der Waals surface area contributed by atoms with E-state index in [4.69, 9.17) is 9.57 Å². The lowest BCUT2D eigenvalue weighted by molar-refractivity contribution is -0.135. The van der Waals surface area contributed by atoms with Crippen LogP contribution >= 0.6 is 0 Å². The molecule has 2 saturated heterocycles. The number of hydrogen-bond acceptors (Lipinski definition) is 5. The van der Waals surface area contributed by atoms with E-state index in [9.17, 15) is 9.59 Å². The molecule has 7 heteroatoms. The molecule has 3 aliphatic rings. The average Bonchev–Trinajstić information content (AvgIpc) is 3.48. The molecule has 7 nitrogen and oxygen atoms in total. The van der Waals surface area contributed by atoms with Gasteiger partial charge in [0.25, 0.3) is 5.91 Å². The van der Waals surface area contributed by atoms with E-state index in [1.807, 2.05) is 23.1 Å². The van der Waals surface area contributed by atoms with E-state index in [2.05, 4.69) is 29.5 Å². The first kappa shape index (κ1) is 18.9. The maximum absolute atomic E-state index is 12.6. The second-order valence-corrected chi connectivity index (χ2v) is 8.08. The topological polar surface area (TPSA) is 80.2 Å². The lowest BCUT2D eigenvalue weighted by atomic mass is 9.96. The third-order valence-corrected chi connectivity index (χ3v) is 5.95. The number of ether oxygens (including phenoxy) is 1. The van der Waals surface area contributed by atoms with Crippen LogP contribution in [0.25, 0.3) is 0 Å². The van der Waals surface area contributed by atoms with Crippen LogP contribution < -0.4 is 5.32 Å². The zero-order chi connectivity index (χ0) is 19.6. The molecule has 2 amide bonds. The minimum atomic E-state index is -0.549. The van der Waals surface area contributed by atoms with Crippen LogP contribution in [0.4, 0.5) is 0 Å². The van der Waals surface area contributed by atoms with Crippen molar-refractivity contribution in [3.05, 3.63) is 35.9 Å². The van der Waals surface area contributed by atoms with Crippen molar-refractivity contribution >= 4 is 17.5 Å². The van der Waals surface area contributed by atoms with Gasteiger partial charge in [0.2, 0.25) is 5.91 Å². The molecule has 28 heavy (non-hydrogen) atoms. The van der Waals surface area contributed by atoms with Crippen LogP contribution in [0.5, 0.6) is 0 Å². The second-order valence-electron chi connectivity index (χ2n) is 8.08. The van der Waals surface area contributed by atoms with Crippen molar-refractivity contribution in [1.82, 2.24) is 10.2 Å². The minimum absolute atomic E-state index is 0.0419. The number of rotatable bonds is 5. The first-order valence-corrected chi connectivity index (χ1v) is 10.0. The van der Waals surface area contributed by atoms with Crippen LogP contribution in [0.1, 0.15) is 37.7 Å². The summed E-state index contributed by atoms with van der Waals surface area (Å²) in [5.41, 5.74) is 1.05. The summed E-state index contributed by atoms with van der Waals surface area (Å²) in [4.78, 5) is 32.6. The average molecular weight is 385 g/mol. The first-order valence-electron chi connectivity index (χ1n) is 10.0. The number of hydrogen-bond donors (Lipinski definition) is 1. The summed E-state index contributed by atoms with van der Waals surface area (Å²) >= 11 is 0. The molecule has 1 aromatic carbocycles. The summed E-state index contributed by atoms with van der Waals surface area (Å²) < 4.78 is 5.33. The van der Waals surface area contributed by atoms with Crippen molar-refractivity contribution in [1.29, 1.82) is 0 Å². The smallest absolute Gasteiger partial charge is 0.269 e. The highest BCUT2D eigenvalue weighted by molar-refractivity contribution is 6.39. The largest absolute Gasteiger partial charge is 0.386 e. The Morgan fingerprint density at radius 2 is 2.18 bits per heavy atom. The van der Waals surface area contributed by atoms with Crippen molar-refractivity contribution in [3.63, 3.8) is 0 Å². The van der Waals surface area contributed by atoms with Gasteiger partial charge in [-0.3, -0.25) is 9.59 Å². The fraction of sp³-hybridized carbons (Fsp3) is 0.571. The van der Waals surface area contributed by atoms with Gasteiger partial charge in [-0.2, -0.15) is 0 Å². The maximum Gasteiger partial charge on any atom is 0.269 e. The minimum Gasteiger partial charge on any atom is -0.386 e. The van der Waals surface area contributed by atoms with E-state index >= 15 is 0 Å². The number of likely N-dealkylation sites (tertiary alicyclic amines) is 1. The SMILES string of the molecule is C[C@H](CNC(=O)C1=NO[C@@]2(CCN(C(=O)[C@H]3CCOC3)C2)C1)c1ccccc1. The van der Waals surface area contributed by atoms with Gasteiger partial charge in [-0.25, -0.2) is 0 Å². The van der Waals surface area contributed by atoms with Gasteiger partial charge < -0.3 is 19.8 Å². The molecule has 1 aromatic rings. The van der Waals surface area contributed by atoms with Crippen molar-refractivity contribution in [2.24, 2.45) is 11.1 Å². The van der Waals surface area contributed by atoms with Gasteiger partial charge in [0.05, 0.1) is 19.1 Å². The molecular weight excluding hydrogens is 358 g/mol. The standard InChI is InChI=1S/C21H27N3O4/c1-15(16-5-3-2-4-6-16)12-22-19(25)18-11-21(28-23-18)8-9-24(14-21)20(26)17-7-10-27-13-17/h2-6,15,17H,7-14H2,1H3,(H,22,25)/t15-,17+,21+/m1/s1. The Hall–Kier alpha value is -2.41. The molecular formula is C21H27N3O4. The Morgan fingerprint density at radius 1 is 1.36 bits per heavy atom. The zero-order valence-corrected chi connectivity index (χ0v) is 16.2. The first-order chi connectivity index (χ1) is 13.6. The molecule has 0 radical (unpaired) electrons. The summed E-state index contributed by atoms with van der Waals surface area (Å²) in [7, 11) is 0. The van der Waals surface area contributed by atoms with E-state index < -0.39 is 5.60 Å². The fourth-order valence-corrected chi connectivity index (χ4v) is 4.13. The Labute approximate surface area is 165 Å². The lowest BCUT2D eigenvalue weighted by Gasteiger charge is -2.23. The van der Waals surface area contributed by atoms with Crippen LogP contribution in [-0.2, 0) is 19.2 Å². The Kier molecular flexibility index (Phi) is 5.35. The molecule has 0 unspecified atom stereocenters. The third kappa shape index (κ3) is 3.90. The molecule has 0 aromatic heterocycles. The van der Waals surface area contributed by atoms with Gasteiger partial charge in [-0.15, -0.1) is 0 Å². The van der Waals surface area contributed by atoms with Crippen molar-refractivity contribution in [2.45, 2.75) is 37.7 Å². The highest BCUT2D eigenvalue weighted by atomic mass is 16.7. The normalized spacial score (nSPS) is 27.5. The van der Waals surface area contributed by atoms with E-state index in [0.717, 1.165) is 6.42 Å². The zero-order valence-electron chi connectivity index (χ0n) is 16.2. The van der Waals surface area contributed by atoms with Crippen molar-refractivity contribution in [2.75, 3.05) is 32.8 Å². The molecule has 4 rings (SSSR count). The number of oxime groups is 1. The number of carbonyl (C=O) groups excluding carboxylic acids is 2. The fourth-order valence-electron chi connectivity index (χ4n) is 4.13. The quantitative estimate of drug-likeness (QED) is 0.836. The molecule has 0 bridgehead atoms. The second kappa shape index (κ2) is 7.91. The molecule has 3 aliphatic heterocycles. The summed E-state index contributed by atoms with van der Waals surface area (Å²) in [6.07, 6.45) is 1.93. The summed E-state index contributed by atoms with van der Waals surface area (Å²) in [5, 5.41) is 7.02. The van der Waals surface area contributed by atoms with Gasteiger partial charge >= 0.3 is 0 Å². The predicted octanol–water partition coefficient (Wildman–Crippen LogP) is 1.69. The highest BCUT2D eigenvalue weighted by Crippen LogP contribution is 2.35. The van der Waals surface area contributed by atoms with Crippen LogP contribution in [-0.4, -0.2) is 60.9 Å². The third-order valence-electron chi connectivity index (χ3n) is 5.95. The van der Waals surface area contributed by atoms with Crippen molar-refractivity contribution in [3.8, 4) is 0 Å². The molecule has 3 heterocycles. The van der Waals surface area contributed by atoms with Crippen LogP contribution in [0, 0.1) is 5.92 Å². The maximum atomic E-state index is 12.6. The summed E-state index contributed by atoms with van der Waals surface area (Å²) in [6.45, 7) is 4.92. The summed E-state index contributed by atoms with van der Waals surface area (Å²) in [6, 6.07) is 10.1.